The standard InChI is InChI=1S/C26H57NO3Si/c1-5-6-7-8-9-10-11-12-13-14-15-16-17-18-19-20-21-23-26(27)24-22-25-31(28-2,29-3)30-4/h26H,5-25,27H2,1-4H3. The van der Waals surface area contributed by atoms with Gasteiger partial charge in [-0.3, -0.25) is 0 Å². The summed E-state index contributed by atoms with van der Waals surface area (Å²) >= 11 is 0. The molecule has 0 amide bonds. The zero-order valence-electron chi connectivity index (χ0n) is 21.7. The van der Waals surface area contributed by atoms with Crippen molar-refractivity contribution < 1.29 is 13.3 Å². The van der Waals surface area contributed by atoms with E-state index in [9.17, 15) is 0 Å². The molecule has 0 aromatic carbocycles. The summed E-state index contributed by atoms with van der Waals surface area (Å²) in [5.41, 5.74) is 6.29. The molecule has 0 spiro atoms. The molecule has 0 radical (unpaired) electrons. The van der Waals surface area contributed by atoms with Gasteiger partial charge in [0, 0.05) is 33.4 Å². The van der Waals surface area contributed by atoms with Crippen LogP contribution in [0, 0.1) is 0 Å². The summed E-state index contributed by atoms with van der Waals surface area (Å²) in [4.78, 5) is 0. The van der Waals surface area contributed by atoms with Crippen LogP contribution in [-0.4, -0.2) is 36.2 Å². The molecule has 31 heavy (non-hydrogen) atoms. The van der Waals surface area contributed by atoms with Gasteiger partial charge in [-0.15, -0.1) is 0 Å². The number of nitrogens with two attached hydrogens (primary N) is 1. The normalized spacial score (nSPS) is 13.1. The smallest absolute Gasteiger partial charge is 0.377 e. The number of hydrogen-bond donors (Lipinski definition) is 1. The lowest BCUT2D eigenvalue weighted by Crippen LogP contribution is -2.42. The Kier molecular flexibility index (Phi) is 23.3. The molecule has 0 saturated carbocycles. The molecule has 0 rings (SSSR count). The van der Waals surface area contributed by atoms with Crippen molar-refractivity contribution in [3.8, 4) is 0 Å². The third-order valence-corrected chi connectivity index (χ3v) is 9.50. The molecular formula is C26H57NO3Si. The lowest BCUT2D eigenvalue weighted by atomic mass is 10.0. The van der Waals surface area contributed by atoms with Gasteiger partial charge in [-0.05, 0) is 19.3 Å². The maximum atomic E-state index is 6.29. The Hall–Kier alpha value is 0.0569. The lowest BCUT2D eigenvalue weighted by molar-refractivity contribution is 0.122. The third kappa shape index (κ3) is 19.3. The summed E-state index contributed by atoms with van der Waals surface area (Å²) in [7, 11) is 2.61. The molecule has 0 saturated heterocycles. The lowest BCUT2D eigenvalue weighted by Gasteiger charge is -2.24. The zero-order valence-corrected chi connectivity index (χ0v) is 22.7. The number of rotatable bonds is 25. The van der Waals surface area contributed by atoms with Crippen LogP contribution < -0.4 is 5.73 Å². The van der Waals surface area contributed by atoms with E-state index in [2.05, 4.69) is 6.92 Å². The largest absolute Gasteiger partial charge is 0.500 e. The fourth-order valence-electron chi connectivity index (χ4n) is 4.41. The van der Waals surface area contributed by atoms with E-state index < -0.39 is 8.80 Å². The van der Waals surface area contributed by atoms with E-state index in [1.54, 1.807) is 21.3 Å². The summed E-state index contributed by atoms with van der Waals surface area (Å²) in [6.45, 7) is 2.29. The Balaban J connectivity index is 3.30. The quantitative estimate of drug-likeness (QED) is 0.111. The molecule has 0 aromatic heterocycles. The molecule has 4 nitrogen and oxygen atoms in total. The van der Waals surface area contributed by atoms with E-state index in [1.165, 1.54) is 109 Å². The van der Waals surface area contributed by atoms with E-state index in [4.69, 9.17) is 19.0 Å². The Labute approximate surface area is 196 Å². The first-order valence-electron chi connectivity index (χ1n) is 13.5. The highest BCUT2D eigenvalue weighted by molar-refractivity contribution is 6.60. The van der Waals surface area contributed by atoms with Gasteiger partial charge < -0.3 is 19.0 Å². The van der Waals surface area contributed by atoms with Crippen LogP contribution >= 0.6 is 0 Å². The Bertz CT molecular complexity index is 345. The summed E-state index contributed by atoms with van der Waals surface area (Å²) in [5, 5.41) is 0. The highest BCUT2D eigenvalue weighted by atomic mass is 28.4. The molecule has 5 heteroatoms. The monoisotopic (exact) mass is 459 g/mol. The van der Waals surface area contributed by atoms with Crippen LogP contribution in [-0.2, 0) is 13.3 Å². The van der Waals surface area contributed by atoms with Crippen molar-refractivity contribution in [1.82, 2.24) is 0 Å². The van der Waals surface area contributed by atoms with E-state index in [-0.39, 0.29) is 0 Å². The molecule has 188 valence electrons. The van der Waals surface area contributed by atoms with Crippen LogP contribution in [0.1, 0.15) is 135 Å². The average molecular weight is 460 g/mol. The van der Waals surface area contributed by atoms with Crippen LogP contribution in [0.15, 0.2) is 0 Å². The van der Waals surface area contributed by atoms with Crippen molar-refractivity contribution >= 4 is 8.80 Å². The molecule has 2 N–H and O–H groups in total. The molecule has 0 heterocycles. The summed E-state index contributed by atoms with van der Waals surface area (Å²) in [6.07, 6.45) is 27.3. The summed E-state index contributed by atoms with van der Waals surface area (Å²) < 4.78 is 16.4. The highest BCUT2D eigenvalue weighted by Crippen LogP contribution is 2.19. The molecule has 0 aliphatic carbocycles. The number of unbranched alkanes of at least 4 members (excludes halogenated alkanes) is 16. The van der Waals surface area contributed by atoms with Gasteiger partial charge in [0.15, 0.2) is 0 Å². The van der Waals surface area contributed by atoms with Crippen molar-refractivity contribution in [2.24, 2.45) is 5.73 Å². The molecule has 0 aromatic rings. The Morgan fingerprint density at radius 2 is 0.839 bits per heavy atom. The van der Waals surface area contributed by atoms with Crippen molar-refractivity contribution in [1.29, 1.82) is 0 Å². The van der Waals surface area contributed by atoms with Gasteiger partial charge in [-0.1, -0.05) is 116 Å². The van der Waals surface area contributed by atoms with Crippen molar-refractivity contribution in [3.05, 3.63) is 0 Å². The minimum atomic E-state index is -2.42. The molecule has 0 bridgehead atoms. The van der Waals surface area contributed by atoms with Crippen molar-refractivity contribution in [2.45, 2.75) is 147 Å². The summed E-state index contributed by atoms with van der Waals surface area (Å²) in [6, 6.07) is 1.15. The van der Waals surface area contributed by atoms with Gasteiger partial charge in [-0.2, -0.15) is 0 Å². The minimum Gasteiger partial charge on any atom is -0.377 e. The maximum Gasteiger partial charge on any atom is 0.500 e. The third-order valence-electron chi connectivity index (χ3n) is 6.67. The SMILES string of the molecule is CCCCCCCCCCCCCCCCCCCC(N)CCC[Si](OC)(OC)OC. The second-order valence-corrected chi connectivity index (χ2v) is 12.5. The van der Waals surface area contributed by atoms with Crippen LogP contribution in [0.5, 0.6) is 0 Å². The van der Waals surface area contributed by atoms with E-state index >= 15 is 0 Å². The predicted molar refractivity (Wildman–Crippen MR) is 138 cm³/mol. The molecule has 0 aliphatic rings. The van der Waals surface area contributed by atoms with Crippen molar-refractivity contribution in [2.75, 3.05) is 21.3 Å². The van der Waals surface area contributed by atoms with Gasteiger partial charge in [0.05, 0.1) is 0 Å². The topological polar surface area (TPSA) is 53.7 Å². The van der Waals surface area contributed by atoms with Crippen LogP contribution in [0.2, 0.25) is 6.04 Å². The average Bonchev–Trinajstić information content (AvgIpc) is 2.79. The Morgan fingerprint density at radius 1 is 0.516 bits per heavy atom. The maximum absolute atomic E-state index is 6.29. The van der Waals surface area contributed by atoms with Crippen molar-refractivity contribution in [3.63, 3.8) is 0 Å². The fourth-order valence-corrected chi connectivity index (χ4v) is 6.16. The highest BCUT2D eigenvalue weighted by Gasteiger charge is 2.36. The van der Waals surface area contributed by atoms with E-state index in [1.807, 2.05) is 0 Å². The van der Waals surface area contributed by atoms with Gasteiger partial charge >= 0.3 is 8.80 Å². The van der Waals surface area contributed by atoms with Crippen LogP contribution in [0.3, 0.4) is 0 Å². The minimum absolute atomic E-state index is 0.300. The van der Waals surface area contributed by atoms with Gasteiger partial charge in [-0.25, -0.2) is 0 Å². The first kappa shape index (κ1) is 31.1. The van der Waals surface area contributed by atoms with Gasteiger partial charge in [0.25, 0.3) is 0 Å². The zero-order chi connectivity index (χ0) is 23.0. The molecular weight excluding hydrogens is 402 g/mol. The van der Waals surface area contributed by atoms with E-state index in [0.29, 0.717) is 6.04 Å². The second kappa shape index (κ2) is 23.2. The summed E-state index contributed by atoms with van der Waals surface area (Å²) in [5.74, 6) is 0. The van der Waals surface area contributed by atoms with E-state index in [0.717, 1.165) is 25.3 Å². The Morgan fingerprint density at radius 3 is 1.19 bits per heavy atom. The molecule has 0 aliphatic heterocycles. The first-order chi connectivity index (χ1) is 15.1. The molecule has 1 atom stereocenters. The van der Waals surface area contributed by atoms with Gasteiger partial charge in [0.1, 0.15) is 0 Å². The number of hydrogen-bond acceptors (Lipinski definition) is 4. The fraction of sp³-hybridized carbons (Fsp3) is 1.00. The van der Waals surface area contributed by atoms with Crippen LogP contribution in [0.4, 0.5) is 0 Å². The first-order valence-corrected chi connectivity index (χ1v) is 15.5. The van der Waals surface area contributed by atoms with Gasteiger partial charge in [0.2, 0.25) is 0 Å². The molecule has 0 fully saturated rings. The second-order valence-electron chi connectivity index (χ2n) is 9.39. The van der Waals surface area contributed by atoms with Crippen LogP contribution in [0.25, 0.3) is 0 Å². The molecule has 1 unspecified atom stereocenters. The predicted octanol–water partition coefficient (Wildman–Crippen LogP) is 8.01.